The van der Waals surface area contributed by atoms with Crippen LogP contribution in [0.1, 0.15) is 66.7 Å². The fourth-order valence-electron chi connectivity index (χ4n) is 6.54. The van der Waals surface area contributed by atoms with Crippen molar-refractivity contribution in [2.45, 2.75) is 84.5 Å². The molecule has 1 saturated heterocycles. The quantitative estimate of drug-likeness (QED) is 0.434. The van der Waals surface area contributed by atoms with Crippen LogP contribution in [0.15, 0.2) is 0 Å². The molecule has 1 heterocycles. The van der Waals surface area contributed by atoms with Crippen LogP contribution in [-0.4, -0.2) is 36.2 Å². The first-order valence-corrected chi connectivity index (χ1v) is 9.56. The summed E-state index contributed by atoms with van der Waals surface area (Å²) >= 11 is 0. The van der Waals surface area contributed by atoms with Gasteiger partial charge in [-0.1, -0.05) is 27.7 Å². The lowest BCUT2D eigenvalue weighted by molar-refractivity contribution is -0.262. The Balaban J connectivity index is 2.07. The van der Waals surface area contributed by atoms with Crippen LogP contribution in [0.5, 0.6) is 0 Å². The highest BCUT2D eigenvalue weighted by Gasteiger charge is 2.70. The molecule has 6 atom stereocenters. The molecule has 6 nitrogen and oxygen atoms in total. The third-order valence-corrected chi connectivity index (χ3v) is 7.50. The second kappa shape index (κ2) is 6.24. The van der Waals surface area contributed by atoms with Gasteiger partial charge in [0.1, 0.15) is 17.8 Å². The van der Waals surface area contributed by atoms with Crippen molar-refractivity contribution in [3.8, 4) is 0 Å². The molecule has 0 bridgehead atoms. The third kappa shape index (κ3) is 2.55. The number of hydrogen-bond acceptors (Lipinski definition) is 6. The van der Waals surface area contributed by atoms with Gasteiger partial charge in [-0.3, -0.25) is 14.4 Å². The zero-order valence-corrected chi connectivity index (χ0v) is 16.4. The first-order chi connectivity index (χ1) is 12.1. The Hall–Kier alpha value is -1.59. The first kappa shape index (κ1) is 19.2. The van der Waals surface area contributed by atoms with E-state index in [1.165, 1.54) is 6.92 Å². The highest BCUT2D eigenvalue weighted by molar-refractivity contribution is 5.72. The van der Waals surface area contributed by atoms with E-state index >= 15 is 0 Å². The van der Waals surface area contributed by atoms with Crippen molar-refractivity contribution in [1.82, 2.24) is 0 Å². The van der Waals surface area contributed by atoms with E-state index in [-0.39, 0.29) is 41.4 Å². The Labute approximate surface area is 154 Å². The zero-order chi connectivity index (χ0) is 19.3. The van der Waals surface area contributed by atoms with Crippen molar-refractivity contribution in [1.29, 1.82) is 0 Å². The lowest BCUT2D eigenvalue weighted by Gasteiger charge is -2.65. The molecule has 0 amide bonds. The molecule has 2 saturated carbocycles. The Morgan fingerprint density at radius 1 is 1.27 bits per heavy atom. The van der Waals surface area contributed by atoms with Gasteiger partial charge in [-0.2, -0.15) is 0 Å². The lowest BCUT2D eigenvalue weighted by atomic mass is 9.43. The van der Waals surface area contributed by atoms with Crippen LogP contribution in [0.25, 0.3) is 0 Å². The van der Waals surface area contributed by atoms with Crippen LogP contribution in [0.3, 0.4) is 0 Å². The highest BCUT2D eigenvalue weighted by atomic mass is 16.6. The van der Waals surface area contributed by atoms with Crippen molar-refractivity contribution >= 4 is 18.4 Å². The van der Waals surface area contributed by atoms with Crippen LogP contribution < -0.4 is 0 Å². The average molecular weight is 366 g/mol. The summed E-state index contributed by atoms with van der Waals surface area (Å²) in [5.41, 5.74) is -1.30. The topological polar surface area (TPSA) is 78.9 Å². The van der Waals surface area contributed by atoms with Crippen molar-refractivity contribution < 1.29 is 28.6 Å². The molecule has 0 radical (unpaired) electrons. The number of carbonyl (C=O) groups is 3. The Morgan fingerprint density at radius 2 is 1.96 bits per heavy atom. The molecule has 2 aliphatic carbocycles. The van der Waals surface area contributed by atoms with Gasteiger partial charge < -0.3 is 14.2 Å². The zero-order valence-electron chi connectivity index (χ0n) is 16.4. The minimum absolute atomic E-state index is 0.0691. The lowest BCUT2D eigenvalue weighted by Crippen LogP contribution is -2.69. The molecule has 0 aromatic rings. The predicted molar refractivity (Wildman–Crippen MR) is 92.9 cm³/mol. The van der Waals surface area contributed by atoms with Gasteiger partial charge in [-0.15, -0.1) is 0 Å². The highest BCUT2D eigenvalue weighted by Crippen LogP contribution is 2.66. The third-order valence-electron chi connectivity index (χ3n) is 7.50. The Kier molecular flexibility index (Phi) is 4.60. The largest absolute Gasteiger partial charge is 0.464 e. The van der Waals surface area contributed by atoms with Gasteiger partial charge in [-0.25, -0.2) is 0 Å². The first-order valence-electron chi connectivity index (χ1n) is 9.56. The summed E-state index contributed by atoms with van der Waals surface area (Å²) < 4.78 is 17.2. The number of esters is 2. The van der Waals surface area contributed by atoms with Crippen molar-refractivity contribution in [3.05, 3.63) is 0 Å². The summed E-state index contributed by atoms with van der Waals surface area (Å²) in [5.74, 6) is -0.418. The molecule has 1 aliphatic heterocycles. The standard InChI is InChI=1S/C20H30O6/c1-12-10-14(24-11-21)17-18(3,4)15(25-13(2)22)6-8-19(17,5)20(12)9-7-16(23)26-20/h11-12,14-15,17H,6-10H2,1-5H3/t12-,14-,15+,17+,19+,20-/m1/s1. The fraction of sp³-hybridized carbons (Fsp3) is 0.850. The Bertz CT molecular complexity index is 613. The number of carbonyl (C=O) groups excluding carboxylic acids is 3. The van der Waals surface area contributed by atoms with E-state index in [1.807, 2.05) is 0 Å². The van der Waals surface area contributed by atoms with E-state index in [0.29, 0.717) is 32.2 Å². The molecule has 1 spiro atoms. The van der Waals surface area contributed by atoms with Gasteiger partial charge in [0.25, 0.3) is 6.47 Å². The number of fused-ring (bicyclic) bond motifs is 2. The van der Waals surface area contributed by atoms with Gasteiger partial charge in [0, 0.05) is 36.0 Å². The summed E-state index contributed by atoms with van der Waals surface area (Å²) in [6, 6.07) is 0. The van der Waals surface area contributed by atoms with E-state index in [4.69, 9.17) is 14.2 Å². The number of ether oxygens (including phenoxy) is 3. The molecule has 3 aliphatic rings. The molecule has 146 valence electrons. The van der Waals surface area contributed by atoms with E-state index in [1.54, 1.807) is 0 Å². The van der Waals surface area contributed by atoms with Crippen molar-refractivity contribution in [2.75, 3.05) is 0 Å². The minimum Gasteiger partial charge on any atom is -0.464 e. The molecule has 3 rings (SSSR count). The van der Waals surface area contributed by atoms with Crippen LogP contribution >= 0.6 is 0 Å². The minimum atomic E-state index is -0.546. The summed E-state index contributed by atoms with van der Waals surface area (Å²) in [6.45, 7) is 10.3. The molecule has 6 heteroatoms. The van der Waals surface area contributed by atoms with Crippen LogP contribution in [0.2, 0.25) is 0 Å². The molecule has 3 fully saturated rings. The maximum atomic E-state index is 12.1. The molecule has 26 heavy (non-hydrogen) atoms. The van der Waals surface area contributed by atoms with Gasteiger partial charge in [-0.05, 0) is 25.7 Å². The number of hydrogen-bond donors (Lipinski definition) is 0. The van der Waals surface area contributed by atoms with Crippen molar-refractivity contribution in [2.24, 2.45) is 22.7 Å². The fourth-order valence-corrected chi connectivity index (χ4v) is 6.54. The van der Waals surface area contributed by atoms with Gasteiger partial charge in [0.05, 0.1) is 0 Å². The van der Waals surface area contributed by atoms with Crippen molar-refractivity contribution in [3.63, 3.8) is 0 Å². The summed E-state index contributed by atoms with van der Waals surface area (Å²) in [7, 11) is 0. The molecular weight excluding hydrogens is 336 g/mol. The molecule has 0 aromatic carbocycles. The van der Waals surface area contributed by atoms with E-state index < -0.39 is 11.0 Å². The number of rotatable bonds is 3. The van der Waals surface area contributed by atoms with Gasteiger partial charge >= 0.3 is 11.9 Å². The molecule has 0 aromatic heterocycles. The maximum absolute atomic E-state index is 12.1. The molecular formula is C20H30O6. The van der Waals surface area contributed by atoms with Crippen LogP contribution in [-0.2, 0) is 28.6 Å². The van der Waals surface area contributed by atoms with Gasteiger partial charge in [0.2, 0.25) is 0 Å². The second-order valence-corrected chi connectivity index (χ2v) is 9.12. The van der Waals surface area contributed by atoms with Gasteiger partial charge in [0.15, 0.2) is 0 Å². The van der Waals surface area contributed by atoms with Crippen LogP contribution in [0, 0.1) is 22.7 Å². The van der Waals surface area contributed by atoms with Crippen LogP contribution in [0.4, 0.5) is 0 Å². The normalized spacial score (nSPS) is 44.1. The average Bonchev–Trinajstić information content (AvgIpc) is 2.92. The summed E-state index contributed by atoms with van der Waals surface area (Å²) in [4.78, 5) is 34.9. The summed E-state index contributed by atoms with van der Waals surface area (Å²) in [5, 5.41) is 0. The van der Waals surface area contributed by atoms with E-state index in [9.17, 15) is 14.4 Å². The predicted octanol–water partition coefficient (Wildman–Crippen LogP) is 3.02. The molecule has 0 unspecified atom stereocenters. The van der Waals surface area contributed by atoms with E-state index in [0.717, 1.165) is 6.42 Å². The SMILES string of the molecule is CC(=O)O[C@H]1CC[C@@]2(C)[C@@H]([C@H](OC=O)C[C@@H](C)[C@]23CCC(=O)O3)C1(C)C. The monoisotopic (exact) mass is 366 g/mol. The second-order valence-electron chi connectivity index (χ2n) is 9.12. The maximum Gasteiger partial charge on any atom is 0.306 e. The summed E-state index contributed by atoms with van der Waals surface area (Å²) in [6.07, 6.45) is 2.70. The van der Waals surface area contributed by atoms with E-state index in [2.05, 4.69) is 27.7 Å². The smallest absolute Gasteiger partial charge is 0.306 e. The Morgan fingerprint density at radius 3 is 2.50 bits per heavy atom. The molecule has 0 N–H and O–H groups in total.